The van der Waals surface area contributed by atoms with E-state index in [1.165, 1.54) is 5.56 Å². The third kappa shape index (κ3) is 2.95. The van der Waals surface area contributed by atoms with Gasteiger partial charge in [-0.1, -0.05) is 22.0 Å². The summed E-state index contributed by atoms with van der Waals surface area (Å²) in [6.45, 7) is 2.03. The number of hydrogen-bond acceptors (Lipinski definition) is 4. The molecule has 1 aromatic carbocycles. The first-order valence-electron chi connectivity index (χ1n) is 4.87. The molecule has 1 heterocycles. The maximum absolute atomic E-state index is 5.54. The van der Waals surface area contributed by atoms with E-state index in [4.69, 9.17) is 5.73 Å². The van der Waals surface area contributed by atoms with Gasteiger partial charge in [0.25, 0.3) is 0 Å². The number of anilines is 3. The average molecular weight is 358 g/mol. The third-order valence-electron chi connectivity index (χ3n) is 2.20. The van der Waals surface area contributed by atoms with Gasteiger partial charge in [0.2, 0.25) is 5.95 Å². The zero-order valence-electron chi connectivity index (χ0n) is 9.04. The van der Waals surface area contributed by atoms with Crippen molar-refractivity contribution in [2.75, 3.05) is 11.1 Å². The predicted molar refractivity (Wildman–Crippen MR) is 76.3 cm³/mol. The van der Waals surface area contributed by atoms with Crippen molar-refractivity contribution in [3.63, 3.8) is 0 Å². The molecule has 17 heavy (non-hydrogen) atoms. The number of benzene rings is 1. The number of nitrogens with one attached hydrogen (secondary N) is 1. The third-order valence-corrected chi connectivity index (χ3v) is 3.63. The second kappa shape index (κ2) is 5.01. The van der Waals surface area contributed by atoms with Crippen molar-refractivity contribution in [3.8, 4) is 0 Å². The Morgan fingerprint density at radius 1 is 1.24 bits per heavy atom. The average Bonchev–Trinajstić information content (AvgIpc) is 2.29. The van der Waals surface area contributed by atoms with Crippen LogP contribution in [0.2, 0.25) is 0 Å². The van der Waals surface area contributed by atoms with E-state index in [1.54, 1.807) is 6.20 Å². The van der Waals surface area contributed by atoms with E-state index in [1.807, 2.05) is 25.1 Å². The van der Waals surface area contributed by atoms with Crippen molar-refractivity contribution >= 4 is 49.3 Å². The Morgan fingerprint density at radius 3 is 2.71 bits per heavy atom. The van der Waals surface area contributed by atoms with Gasteiger partial charge in [0.15, 0.2) is 0 Å². The zero-order chi connectivity index (χ0) is 12.4. The summed E-state index contributed by atoms with van der Waals surface area (Å²) in [5, 5.41) is 3.17. The highest BCUT2D eigenvalue weighted by Crippen LogP contribution is 2.26. The molecule has 2 rings (SSSR count). The van der Waals surface area contributed by atoms with E-state index < -0.39 is 0 Å². The molecule has 0 amide bonds. The van der Waals surface area contributed by atoms with Gasteiger partial charge >= 0.3 is 0 Å². The summed E-state index contributed by atoms with van der Waals surface area (Å²) in [6.07, 6.45) is 1.62. The number of nitrogen functional groups attached to an aromatic ring is 1. The SMILES string of the molecule is Cc1ccc(Nc2nc(N)ncc2Br)cc1Br. The van der Waals surface area contributed by atoms with Crippen LogP contribution >= 0.6 is 31.9 Å². The molecule has 0 saturated carbocycles. The predicted octanol–water partition coefficient (Wildman–Crippen LogP) is 3.64. The molecule has 0 atom stereocenters. The van der Waals surface area contributed by atoms with Crippen LogP contribution in [0.25, 0.3) is 0 Å². The molecule has 0 aliphatic rings. The van der Waals surface area contributed by atoms with Crippen LogP contribution < -0.4 is 11.1 Å². The highest BCUT2D eigenvalue weighted by atomic mass is 79.9. The van der Waals surface area contributed by atoms with Crippen LogP contribution in [0.4, 0.5) is 17.5 Å². The molecule has 6 heteroatoms. The van der Waals surface area contributed by atoms with Gasteiger partial charge in [-0.3, -0.25) is 0 Å². The molecule has 0 spiro atoms. The summed E-state index contributed by atoms with van der Waals surface area (Å²) in [7, 11) is 0. The van der Waals surface area contributed by atoms with E-state index in [9.17, 15) is 0 Å². The monoisotopic (exact) mass is 356 g/mol. The molecule has 1 aromatic heterocycles. The van der Waals surface area contributed by atoms with Crippen LogP contribution in [-0.4, -0.2) is 9.97 Å². The van der Waals surface area contributed by atoms with Gasteiger partial charge in [0, 0.05) is 16.4 Å². The van der Waals surface area contributed by atoms with Gasteiger partial charge in [-0.15, -0.1) is 0 Å². The number of aryl methyl sites for hydroxylation is 1. The maximum atomic E-state index is 5.54. The number of rotatable bonds is 2. The lowest BCUT2D eigenvalue weighted by Crippen LogP contribution is -2.00. The molecule has 0 radical (unpaired) electrons. The fourth-order valence-electron chi connectivity index (χ4n) is 1.28. The minimum Gasteiger partial charge on any atom is -0.368 e. The first-order valence-corrected chi connectivity index (χ1v) is 6.46. The molecule has 2 aromatic rings. The molecular formula is C11H10Br2N4. The summed E-state index contributed by atoms with van der Waals surface area (Å²) in [6, 6.07) is 5.98. The summed E-state index contributed by atoms with van der Waals surface area (Å²) < 4.78 is 1.81. The Balaban J connectivity index is 2.31. The van der Waals surface area contributed by atoms with Crippen molar-refractivity contribution in [1.29, 1.82) is 0 Å². The highest BCUT2D eigenvalue weighted by molar-refractivity contribution is 9.10. The highest BCUT2D eigenvalue weighted by Gasteiger charge is 2.04. The van der Waals surface area contributed by atoms with Crippen LogP contribution in [0.3, 0.4) is 0 Å². The van der Waals surface area contributed by atoms with Gasteiger partial charge in [-0.2, -0.15) is 4.98 Å². The van der Waals surface area contributed by atoms with E-state index >= 15 is 0 Å². The summed E-state index contributed by atoms with van der Waals surface area (Å²) in [4.78, 5) is 8.00. The number of nitrogens with two attached hydrogens (primary N) is 1. The summed E-state index contributed by atoms with van der Waals surface area (Å²) >= 11 is 6.85. The quantitative estimate of drug-likeness (QED) is 0.861. The smallest absolute Gasteiger partial charge is 0.222 e. The van der Waals surface area contributed by atoms with Gasteiger partial charge < -0.3 is 11.1 Å². The number of hydrogen-bond donors (Lipinski definition) is 2. The van der Waals surface area contributed by atoms with E-state index in [2.05, 4.69) is 47.1 Å². The molecule has 0 aliphatic heterocycles. The zero-order valence-corrected chi connectivity index (χ0v) is 12.2. The van der Waals surface area contributed by atoms with Crippen LogP contribution in [0.1, 0.15) is 5.56 Å². The Kier molecular flexibility index (Phi) is 3.63. The molecule has 88 valence electrons. The Hall–Kier alpha value is -1.14. The molecule has 0 saturated heterocycles. The standard InChI is InChI=1S/C11H10Br2N4/c1-6-2-3-7(4-8(6)12)16-10-9(13)5-15-11(14)17-10/h2-5H,1H3,(H3,14,15,16,17). The summed E-state index contributed by atoms with van der Waals surface area (Å²) in [5.41, 5.74) is 7.65. The van der Waals surface area contributed by atoms with Crippen molar-refractivity contribution in [3.05, 3.63) is 38.9 Å². The number of aromatic nitrogens is 2. The molecule has 0 bridgehead atoms. The van der Waals surface area contributed by atoms with Gasteiger partial charge in [-0.25, -0.2) is 4.98 Å². The van der Waals surface area contributed by atoms with Crippen molar-refractivity contribution in [2.24, 2.45) is 0 Å². The fraction of sp³-hybridized carbons (Fsp3) is 0.0909. The minimum atomic E-state index is 0.238. The second-order valence-electron chi connectivity index (χ2n) is 3.51. The molecule has 0 aliphatic carbocycles. The first kappa shape index (κ1) is 12.3. The topological polar surface area (TPSA) is 63.8 Å². The Labute approximate surface area is 116 Å². The van der Waals surface area contributed by atoms with Crippen molar-refractivity contribution in [1.82, 2.24) is 9.97 Å². The largest absolute Gasteiger partial charge is 0.368 e. The Bertz CT molecular complexity index is 557. The van der Waals surface area contributed by atoms with E-state index in [0.717, 1.165) is 14.6 Å². The normalized spacial score (nSPS) is 10.3. The van der Waals surface area contributed by atoms with Crippen LogP contribution in [0.15, 0.2) is 33.3 Å². The molecule has 4 nitrogen and oxygen atoms in total. The first-order chi connectivity index (χ1) is 8.06. The lowest BCUT2D eigenvalue weighted by Gasteiger charge is -2.09. The van der Waals surface area contributed by atoms with Crippen molar-refractivity contribution < 1.29 is 0 Å². The van der Waals surface area contributed by atoms with Crippen LogP contribution in [-0.2, 0) is 0 Å². The Morgan fingerprint density at radius 2 is 2.00 bits per heavy atom. The van der Waals surface area contributed by atoms with Gasteiger partial charge in [0.05, 0.1) is 4.47 Å². The summed E-state index contributed by atoms with van der Waals surface area (Å²) in [5.74, 6) is 0.884. The molecule has 3 N–H and O–H groups in total. The lowest BCUT2D eigenvalue weighted by atomic mass is 10.2. The minimum absolute atomic E-state index is 0.238. The van der Waals surface area contributed by atoms with E-state index in [-0.39, 0.29) is 5.95 Å². The lowest BCUT2D eigenvalue weighted by molar-refractivity contribution is 1.17. The number of nitrogens with zero attached hydrogens (tertiary/aromatic N) is 2. The number of halogens is 2. The fourth-order valence-corrected chi connectivity index (χ4v) is 1.94. The molecule has 0 fully saturated rings. The van der Waals surface area contributed by atoms with Gasteiger partial charge in [0.1, 0.15) is 5.82 Å². The molecule has 0 unspecified atom stereocenters. The maximum Gasteiger partial charge on any atom is 0.222 e. The second-order valence-corrected chi connectivity index (χ2v) is 5.22. The van der Waals surface area contributed by atoms with E-state index in [0.29, 0.717) is 5.82 Å². The molecular weight excluding hydrogens is 348 g/mol. The van der Waals surface area contributed by atoms with Crippen LogP contribution in [0, 0.1) is 6.92 Å². The van der Waals surface area contributed by atoms with Gasteiger partial charge in [-0.05, 0) is 40.5 Å². The van der Waals surface area contributed by atoms with Crippen LogP contribution in [0.5, 0.6) is 0 Å². The van der Waals surface area contributed by atoms with Crippen molar-refractivity contribution in [2.45, 2.75) is 6.92 Å².